The van der Waals surface area contributed by atoms with E-state index in [0.717, 1.165) is 58.3 Å². The van der Waals surface area contributed by atoms with Crippen molar-refractivity contribution in [3.63, 3.8) is 0 Å². The Morgan fingerprint density at radius 1 is 0.698 bits per heavy atom. The van der Waals surface area contributed by atoms with E-state index in [9.17, 15) is 34.5 Å². The first-order chi connectivity index (χ1) is 20.5. The molecule has 13 nitrogen and oxygen atoms in total. The van der Waals surface area contributed by atoms with Gasteiger partial charge in [0.05, 0.1) is 13.2 Å². The van der Waals surface area contributed by atoms with Gasteiger partial charge in [-0.1, -0.05) is 65.2 Å². The van der Waals surface area contributed by atoms with Gasteiger partial charge in [0.1, 0.15) is 24.9 Å². The zero-order valence-electron chi connectivity index (χ0n) is 26.1. The maximum absolute atomic E-state index is 13.0. The topological polar surface area (TPSA) is 184 Å². The second-order valence-electron chi connectivity index (χ2n) is 10.8. The van der Waals surface area contributed by atoms with Gasteiger partial charge in [0.15, 0.2) is 24.6 Å². The van der Waals surface area contributed by atoms with Crippen LogP contribution in [0.25, 0.3) is 0 Å². The van der Waals surface area contributed by atoms with E-state index in [0.29, 0.717) is 12.8 Å². The molecule has 3 N–H and O–H groups in total. The summed E-state index contributed by atoms with van der Waals surface area (Å²) in [7, 11) is 0. The Balaban J connectivity index is 3.30. The van der Waals surface area contributed by atoms with Gasteiger partial charge in [-0.3, -0.25) is 19.2 Å². The lowest BCUT2D eigenvalue weighted by molar-refractivity contribution is -0.312. The Labute approximate surface area is 254 Å². The van der Waals surface area contributed by atoms with Crippen molar-refractivity contribution in [2.75, 3.05) is 19.8 Å². The number of aliphatic hydroxyl groups is 3. The maximum atomic E-state index is 13.0. The largest absolute Gasteiger partial charge is 0.463 e. The first-order valence-corrected chi connectivity index (χ1v) is 15.5. The van der Waals surface area contributed by atoms with Crippen LogP contribution in [0.3, 0.4) is 0 Å². The van der Waals surface area contributed by atoms with Gasteiger partial charge in [0.2, 0.25) is 0 Å². The molecular weight excluding hydrogens is 568 g/mol. The van der Waals surface area contributed by atoms with Crippen molar-refractivity contribution in [1.29, 1.82) is 0 Å². The number of aliphatic hydroxyl groups excluding tert-OH is 3. The van der Waals surface area contributed by atoms with Gasteiger partial charge in [0, 0.05) is 26.7 Å². The minimum Gasteiger partial charge on any atom is -0.463 e. The number of carbonyl (C=O) groups excluding carboxylic acids is 4. The number of hydrogen-bond donors (Lipinski definition) is 3. The first kappa shape index (κ1) is 38.7. The molecule has 1 saturated heterocycles. The van der Waals surface area contributed by atoms with Crippen LogP contribution in [0.15, 0.2) is 0 Å². The molecule has 1 rings (SSSR count). The minimum absolute atomic E-state index is 0.0615. The van der Waals surface area contributed by atoms with E-state index in [-0.39, 0.29) is 12.8 Å². The number of rotatable bonds is 22. The Kier molecular flexibility index (Phi) is 20.0. The van der Waals surface area contributed by atoms with Crippen LogP contribution in [0, 0.1) is 0 Å². The van der Waals surface area contributed by atoms with Gasteiger partial charge < -0.3 is 43.7 Å². The van der Waals surface area contributed by atoms with Gasteiger partial charge in [-0.2, -0.15) is 0 Å². The van der Waals surface area contributed by atoms with Crippen LogP contribution in [-0.2, 0) is 47.6 Å². The molecule has 0 spiro atoms. The summed E-state index contributed by atoms with van der Waals surface area (Å²) in [6, 6.07) is 0. The van der Waals surface area contributed by atoms with Crippen molar-refractivity contribution >= 4 is 23.9 Å². The number of esters is 4. The molecule has 0 amide bonds. The van der Waals surface area contributed by atoms with Crippen LogP contribution in [-0.4, -0.2) is 102 Å². The van der Waals surface area contributed by atoms with E-state index in [4.69, 9.17) is 28.4 Å². The molecule has 250 valence electrons. The monoisotopic (exact) mass is 620 g/mol. The molecule has 7 atom stereocenters. The van der Waals surface area contributed by atoms with Crippen LogP contribution >= 0.6 is 0 Å². The molecule has 13 heteroatoms. The SMILES string of the molecule is CCCCCCCC(=O)O[C@@H]1[C@H](OC(=O)CCCCCCC)[C@H](OC[C@@H](O)[C@@H](O)CO)O[C@H](COC(C)=O)[C@H]1OC(C)=O. The quantitative estimate of drug-likeness (QED) is 0.0912. The van der Waals surface area contributed by atoms with E-state index < -0.39 is 86.6 Å². The second-order valence-corrected chi connectivity index (χ2v) is 10.8. The van der Waals surface area contributed by atoms with Gasteiger partial charge in [-0.05, 0) is 12.8 Å². The minimum atomic E-state index is -1.54. The molecule has 0 aliphatic carbocycles. The molecule has 0 bridgehead atoms. The number of carbonyl (C=O) groups is 4. The second kappa shape index (κ2) is 22.2. The third-order valence-electron chi connectivity index (χ3n) is 6.91. The van der Waals surface area contributed by atoms with Crippen LogP contribution in [0.5, 0.6) is 0 Å². The molecule has 1 aliphatic rings. The lowest BCUT2D eigenvalue weighted by atomic mass is 9.97. The molecule has 1 aliphatic heterocycles. The van der Waals surface area contributed by atoms with Crippen molar-refractivity contribution in [2.45, 2.75) is 148 Å². The van der Waals surface area contributed by atoms with E-state index in [1.165, 1.54) is 6.92 Å². The van der Waals surface area contributed by atoms with Crippen LogP contribution in [0.1, 0.15) is 105 Å². The summed E-state index contributed by atoms with van der Waals surface area (Å²) in [5.74, 6) is -2.65. The van der Waals surface area contributed by atoms with Crippen LogP contribution in [0.4, 0.5) is 0 Å². The molecule has 1 heterocycles. The summed E-state index contributed by atoms with van der Waals surface area (Å²) in [5, 5.41) is 29.1. The highest BCUT2D eigenvalue weighted by Gasteiger charge is 2.53. The Morgan fingerprint density at radius 3 is 1.72 bits per heavy atom. The van der Waals surface area contributed by atoms with E-state index >= 15 is 0 Å². The normalized spacial score (nSPS) is 23.2. The molecule has 0 aromatic heterocycles. The van der Waals surface area contributed by atoms with Crippen molar-refractivity contribution in [1.82, 2.24) is 0 Å². The van der Waals surface area contributed by atoms with E-state index in [1.54, 1.807) is 0 Å². The summed E-state index contributed by atoms with van der Waals surface area (Å²) in [5.41, 5.74) is 0. The summed E-state index contributed by atoms with van der Waals surface area (Å²) >= 11 is 0. The highest BCUT2D eigenvalue weighted by atomic mass is 16.7. The molecule has 0 saturated carbocycles. The summed E-state index contributed by atoms with van der Waals surface area (Å²) in [6.45, 7) is 4.75. The van der Waals surface area contributed by atoms with Gasteiger partial charge in [0.25, 0.3) is 0 Å². The standard InChI is InChI=1S/C30H52O13/c1-5-7-9-11-13-15-25(36)42-28-27(40-21(4)33)24(19-38-20(3)32)41-30(39-18-23(35)22(34)17-31)29(28)43-26(37)16-14-12-10-8-6-2/h22-24,27-31,34-35H,5-19H2,1-4H3/t22-,23+,24+,27+,28-,29-,30+/m0/s1. The lowest BCUT2D eigenvalue weighted by Gasteiger charge is -2.44. The van der Waals surface area contributed by atoms with E-state index in [1.807, 2.05) is 0 Å². The Morgan fingerprint density at radius 2 is 1.23 bits per heavy atom. The highest BCUT2D eigenvalue weighted by Crippen LogP contribution is 2.31. The van der Waals surface area contributed by atoms with Crippen molar-refractivity contribution < 1.29 is 62.9 Å². The number of unbranched alkanes of at least 4 members (excludes halogenated alkanes) is 8. The lowest BCUT2D eigenvalue weighted by Crippen LogP contribution is -2.63. The zero-order chi connectivity index (χ0) is 32.2. The van der Waals surface area contributed by atoms with Gasteiger partial charge >= 0.3 is 23.9 Å². The van der Waals surface area contributed by atoms with E-state index in [2.05, 4.69) is 13.8 Å². The zero-order valence-corrected chi connectivity index (χ0v) is 26.1. The molecule has 0 aromatic rings. The molecule has 1 fully saturated rings. The van der Waals surface area contributed by atoms with Crippen LogP contribution < -0.4 is 0 Å². The molecule has 0 unspecified atom stereocenters. The predicted octanol–water partition coefficient (Wildman–Crippen LogP) is 2.48. The number of ether oxygens (including phenoxy) is 6. The number of hydrogen-bond acceptors (Lipinski definition) is 13. The molecular formula is C30H52O13. The average molecular weight is 621 g/mol. The van der Waals surface area contributed by atoms with Crippen LogP contribution in [0.2, 0.25) is 0 Å². The first-order valence-electron chi connectivity index (χ1n) is 15.5. The predicted molar refractivity (Wildman–Crippen MR) is 152 cm³/mol. The average Bonchev–Trinajstić information content (AvgIpc) is 2.96. The summed E-state index contributed by atoms with van der Waals surface area (Å²) in [4.78, 5) is 49.6. The van der Waals surface area contributed by atoms with Crippen molar-refractivity contribution in [2.24, 2.45) is 0 Å². The summed E-state index contributed by atoms with van der Waals surface area (Å²) in [6.07, 6.45) is -1.01. The summed E-state index contributed by atoms with van der Waals surface area (Å²) < 4.78 is 33.7. The fourth-order valence-electron chi connectivity index (χ4n) is 4.53. The smallest absolute Gasteiger partial charge is 0.306 e. The Bertz CT molecular complexity index is 820. The third kappa shape index (κ3) is 15.8. The van der Waals surface area contributed by atoms with Gasteiger partial charge in [-0.15, -0.1) is 0 Å². The van der Waals surface area contributed by atoms with Gasteiger partial charge in [-0.25, -0.2) is 0 Å². The fraction of sp³-hybridized carbons (Fsp3) is 0.867. The van der Waals surface area contributed by atoms with Crippen molar-refractivity contribution in [3.8, 4) is 0 Å². The molecule has 0 radical (unpaired) electrons. The highest BCUT2D eigenvalue weighted by molar-refractivity contribution is 5.71. The fourth-order valence-corrected chi connectivity index (χ4v) is 4.53. The third-order valence-corrected chi connectivity index (χ3v) is 6.91. The Hall–Kier alpha value is -2.32. The molecule has 43 heavy (non-hydrogen) atoms. The van der Waals surface area contributed by atoms with Crippen molar-refractivity contribution in [3.05, 3.63) is 0 Å². The maximum Gasteiger partial charge on any atom is 0.306 e. The molecule has 0 aromatic carbocycles.